The van der Waals surface area contributed by atoms with Crippen LogP contribution in [0.15, 0.2) is 0 Å². The van der Waals surface area contributed by atoms with E-state index in [0.717, 1.165) is 35.7 Å². The zero-order chi connectivity index (χ0) is 12.4. The lowest BCUT2D eigenvalue weighted by atomic mass is 9.85. The number of aryl methyl sites for hydroxylation is 2. The van der Waals surface area contributed by atoms with Crippen LogP contribution in [0.5, 0.6) is 0 Å². The molecule has 2 atom stereocenters. The largest absolute Gasteiger partial charge is 0.271 e. The Morgan fingerprint density at radius 2 is 2.06 bits per heavy atom. The predicted octanol–water partition coefficient (Wildman–Crippen LogP) is 3.98. The van der Waals surface area contributed by atoms with Crippen LogP contribution in [-0.2, 0) is 19.9 Å². The van der Waals surface area contributed by atoms with Gasteiger partial charge in [0, 0.05) is 12.4 Å². The lowest BCUT2D eigenvalue weighted by Crippen LogP contribution is -2.22. The number of halogens is 2. The lowest BCUT2D eigenvalue weighted by molar-refractivity contribution is 0.357. The van der Waals surface area contributed by atoms with E-state index in [4.69, 9.17) is 23.2 Å². The van der Waals surface area contributed by atoms with Gasteiger partial charge in [-0.1, -0.05) is 31.4 Å². The highest BCUT2D eigenvalue weighted by molar-refractivity contribution is 6.31. The molecule has 0 saturated heterocycles. The van der Waals surface area contributed by atoms with Crippen LogP contribution >= 0.6 is 23.2 Å². The van der Waals surface area contributed by atoms with Gasteiger partial charge in [0.1, 0.15) is 0 Å². The Hall–Kier alpha value is -0.210. The molecule has 17 heavy (non-hydrogen) atoms. The topological polar surface area (TPSA) is 17.8 Å². The van der Waals surface area contributed by atoms with Gasteiger partial charge in [-0.05, 0) is 31.6 Å². The molecule has 0 bridgehead atoms. The molecule has 1 saturated carbocycles. The van der Waals surface area contributed by atoms with E-state index >= 15 is 0 Å². The normalized spacial score (nSPS) is 25.2. The third-order valence-corrected chi connectivity index (χ3v) is 4.79. The van der Waals surface area contributed by atoms with Gasteiger partial charge in [-0.25, -0.2) is 0 Å². The average molecular weight is 275 g/mol. The minimum atomic E-state index is 0.305. The van der Waals surface area contributed by atoms with Gasteiger partial charge >= 0.3 is 0 Å². The Balaban J connectivity index is 2.14. The van der Waals surface area contributed by atoms with Crippen molar-refractivity contribution in [2.24, 2.45) is 13.0 Å². The standard InChI is InChI=1S/C13H20Cl2N2/c1-3-11-13(15)12(17(2)16-11)8-9-6-4-5-7-10(9)14/h9-10H,3-8H2,1-2H3. The molecule has 96 valence electrons. The first-order valence-corrected chi connectivity index (χ1v) is 7.29. The first-order valence-electron chi connectivity index (χ1n) is 6.47. The summed E-state index contributed by atoms with van der Waals surface area (Å²) in [5.74, 6) is 0.558. The fraction of sp³-hybridized carbons (Fsp3) is 0.769. The van der Waals surface area contributed by atoms with Crippen molar-refractivity contribution in [1.82, 2.24) is 9.78 Å². The number of hydrogen-bond donors (Lipinski definition) is 0. The Labute approximate surface area is 113 Å². The van der Waals surface area contributed by atoms with Crippen molar-refractivity contribution in [3.63, 3.8) is 0 Å². The van der Waals surface area contributed by atoms with Crippen LogP contribution in [0, 0.1) is 5.92 Å². The molecule has 1 aromatic rings. The monoisotopic (exact) mass is 274 g/mol. The van der Waals surface area contributed by atoms with E-state index in [1.54, 1.807) is 0 Å². The summed E-state index contributed by atoms with van der Waals surface area (Å²) in [6, 6.07) is 0. The van der Waals surface area contributed by atoms with Crippen molar-refractivity contribution in [2.75, 3.05) is 0 Å². The molecule has 2 unspecified atom stereocenters. The molecule has 0 aromatic carbocycles. The van der Waals surface area contributed by atoms with Crippen molar-refractivity contribution in [3.8, 4) is 0 Å². The van der Waals surface area contributed by atoms with Gasteiger partial charge in [0.05, 0.1) is 16.4 Å². The highest BCUT2D eigenvalue weighted by atomic mass is 35.5. The molecular formula is C13H20Cl2N2. The van der Waals surface area contributed by atoms with E-state index < -0.39 is 0 Å². The van der Waals surface area contributed by atoms with Crippen LogP contribution in [0.25, 0.3) is 0 Å². The highest BCUT2D eigenvalue weighted by Gasteiger charge is 2.26. The molecule has 4 heteroatoms. The molecule has 1 aromatic heterocycles. The number of aromatic nitrogens is 2. The van der Waals surface area contributed by atoms with Crippen molar-refractivity contribution in [1.29, 1.82) is 0 Å². The van der Waals surface area contributed by atoms with Crippen LogP contribution in [-0.4, -0.2) is 15.2 Å². The Bertz CT molecular complexity index is 387. The van der Waals surface area contributed by atoms with Gasteiger partial charge in [-0.15, -0.1) is 11.6 Å². The molecule has 0 aliphatic heterocycles. The van der Waals surface area contributed by atoms with Crippen molar-refractivity contribution in [2.45, 2.75) is 50.8 Å². The van der Waals surface area contributed by atoms with Crippen LogP contribution < -0.4 is 0 Å². The molecular weight excluding hydrogens is 255 g/mol. The predicted molar refractivity (Wildman–Crippen MR) is 72.9 cm³/mol. The van der Waals surface area contributed by atoms with E-state index in [9.17, 15) is 0 Å². The van der Waals surface area contributed by atoms with E-state index in [2.05, 4.69) is 12.0 Å². The highest BCUT2D eigenvalue weighted by Crippen LogP contribution is 2.33. The van der Waals surface area contributed by atoms with Crippen LogP contribution in [0.2, 0.25) is 5.02 Å². The molecule has 0 spiro atoms. The smallest absolute Gasteiger partial charge is 0.0849 e. The van der Waals surface area contributed by atoms with Gasteiger partial charge in [0.15, 0.2) is 0 Å². The molecule has 0 N–H and O–H groups in total. The minimum Gasteiger partial charge on any atom is -0.271 e. The fourth-order valence-electron chi connectivity index (χ4n) is 2.68. The third-order valence-electron chi connectivity index (χ3n) is 3.77. The summed E-state index contributed by atoms with van der Waals surface area (Å²) >= 11 is 12.8. The molecule has 1 heterocycles. The zero-order valence-corrected chi connectivity index (χ0v) is 12.1. The van der Waals surface area contributed by atoms with Gasteiger partial charge in [0.2, 0.25) is 0 Å². The molecule has 0 amide bonds. The quantitative estimate of drug-likeness (QED) is 0.763. The summed E-state index contributed by atoms with van der Waals surface area (Å²) in [6.07, 6.45) is 6.78. The van der Waals surface area contributed by atoms with Crippen molar-refractivity contribution < 1.29 is 0 Å². The van der Waals surface area contributed by atoms with E-state index in [1.807, 2.05) is 11.7 Å². The van der Waals surface area contributed by atoms with E-state index in [0.29, 0.717) is 11.3 Å². The molecule has 1 fully saturated rings. The molecule has 2 rings (SSSR count). The number of alkyl halides is 1. The maximum atomic E-state index is 6.41. The van der Waals surface area contributed by atoms with Crippen LogP contribution in [0.4, 0.5) is 0 Å². The lowest BCUT2D eigenvalue weighted by Gasteiger charge is -2.27. The summed E-state index contributed by atoms with van der Waals surface area (Å²) < 4.78 is 1.93. The summed E-state index contributed by atoms with van der Waals surface area (Å²) in [4.78, 5) is 0. The van der Waals surface area contributed by atoms with Gasteiger partial charge in [-0.3, -0.25) is 4.68 Å². The molecule has 0 radical (unpaired) electrons. The minimum absolute atomic E-state index is 0.305. The van der Waals surface area contributed by atoms with E-state index in [1.165, 1.54) is 19.3 Å². The average Bonchev–Trinajstić information content (AvgIpc) is 2.59. The summed E-state index contributed by atoms with van der Waals surface area (Å²) in [5, 5.41) is 5.62. The van der Waals surface area contributed by atoms with Crippen molar-refractivity contribution in [3.05, 3.63) is 16.4 Å². The third kappa shape index (κ3) is 2.79. The Morgan fingerprint density at radius 1 is 1.35 bits per heavy atom. The van der Waals surface area contributed by atoms with Gasteiger partial charge < -0.3 is 0 Å². The first kappa shape index (κ1) is 13.2. The summed E-state index contributed by atoms with van der Waals surface area (Å²) in [7, 11) is 1.98. The number of hydrogen-bond acceptors (Lipinski definition) is 1. The second kappa shape index (κ2) is 5.62. The maximum absolute atomic E-state index is 6.41. The molecule has 2 nitrogen and oxygen atoms in total. The fourth-order valence-corrected chi connectivity index (χ4v) is 3.42. The SMILES string of the molecule is CCc1nn(C)c(CC2CCCCC2Cl)c1Cl. The van der Waals surface area contributed by atoms with Gasteiger partial charge in [0.25, 0.3) is 0 Å². The number of rotatable bonds is 3. The maximum Gasteiger partial charge on any atom is 0.0849 e. The summed E-state index contributed by atoms with van der Waals surface area (Å²) in [5.41, 5.74) is 2.16. The Morgan fingerprint density at radius 3 is 2.65 bits per heavy atom. The van der Waals surface area contributed by atoms with Crippen LogP contribution in [0.1, 0.15) is 44.0 Å². The second-order valence-corrected chi connectivity index (χ2v) is 5.89. The Kier molecular flexibility index (Phi) is 4.37. The molecule has 1 aliphatic carbocycles. The zero-order valence-electron chi connectivity index (χ0n) is 10.5. The molecule has 1 aliphatic rings. The van der Waals surface area contributed by atoms with E-state index in [-0.39, 0.29) is 0 Å². The van der Waals surface area contributed by atoms with Crippen LogP contribution in [0.3, 0.4) is 0 Å². The van der Waals surface area contributed by atoms with Gasteiger partial charge in [-0.2, -0.15) is 5.10 Å². The summed E-state index contributed by atoms with van der Waals surface area (Å²) in [6.45, 7) is 2.09. The number of nitrogens with zero attached hydrogens (tertiary/aromatic N) is 2. The second-order valence-electron chi connectivity index (χ2n) is 4.95. The first-order chi connectivity index (χ1) is 8.13. The van der Waals surface area contributed by atoms with Crippen molar-refractivity contribution >= 4 is 23.2 Å².